The largest absolute Gasteiger partial charge is 0.308 e. The molecular weight excluding hydrogens is 989 g/mol. The van der Waals surface area contributed by atoms with Crippen molar-refractivity contribution in [3.8, 4) is 80.1 Å². The van der Waals surface area contributed by atoms with Crippen LogP contribution >= 0.6 is 0 Å². The Morgan fingerprint density at radius 3 is 1.15 bits per heavy atom. The van der Waals surface area contributed by atoms with Gasteiger partial charge in [-0.05, 0) is 108 Å². The Hall–Kier alpha value is -8.15. The molecule has 81 heavy (non-hydrogen) atoms. The van der Waals surface area contributed by atoms with E-state index in [1.807, 2.05) is 18.2 Å². The Labute approximate surface area is 480 Å². The highest BCUT2D eigenvalue weighted by molar-refractivity contribution is 6.11. The number of hydrogen-bond acceptors (Lipinski definition) is 7. The number of fused-ring (bicyclic) bond motifs is 3. The van der Waals surface area contributed by atoms with E-state index in [1.165, 1.54) is 33.4 Å². The molecule has 0 unspecified atom stereocenters. The number of nitriles is 1. The van der Waals surface area contributed by atoms with Gasteiger partial charge in [0.05, 0.1) is 28.4 Å². The second-order valence-corrected chi connectivity index (χ2v) is 28.2. The maximum atomic E-state index is 10.5. The van der Waals surface area contributed by atoms with Crippen molar-refractivity contribution in [3.05, 3.63) is 185 Å². The smallest absolute Gasteiger partial charge is 0.166 e. The number of aromatic nitrogens is 7. The zero-order valence-corrected chi connectivity index (χ0v) is 50.9. The molecule has 0 aliphatic rings. The molecule has 0 radical (unpaired) electrons. The zero-order chi connectivity index (χ0) is 58.4. The van der Waals surface area contributed by atoms with Crippen LogP contribution in [0.4, 0.5) is 0 Å². The van der Waals surface area contributed by atoms with Gasteiger partial charge in [-0.15, -0.1) is 0 Å². The van der Waals surface area contributed by atoms with Gasteiger partial charge in [0.2, 0.25) is 0 Å². The van der Waals surface area contributed by atoms with Gasteiger partial charge in [-0.3, -0.25) is 0 Å². The van der Waals surface area contributed by atoms with Crippen molar-refractivity contribution in [1.82, 2.24) is 34.5 Å². The highest BCUT2D eigenvalue weighted by atomic mass is 15.1. The standard InChI is InChI=1S/C73H78N8/c1-68(2,3)48-35-30-45(31-36-48)62-75-63(46-32-37-49(38-33-46)69(4,5)6)77-65(76-62)52-41-44(43-74)29-39-59(52)81-57-28-20-19-23-50(57)51-42-47(34-40-58(51)81)64-78-66(60-53(70(7,8)9)24-21-25-54(60)71(10,11)12)80-67(79-64)61-55(72(13,14)15)26-22-27-56(61)73(16,17)18/h19-42H,1-18H3. The fourth-order valence-corrected chi connectivity index (χ4v) is 11.2. The average Bonchev–Trinajstić information content (AvgIpc) is 3.82. The third-order valence-electron chi connectivity index (χ3n) is 15.6. The molecule has 0 saturated heterocycles. The first-order valence-corrected chi connectivity index (χ1v) is 28.5. The molecule has 410 valence electrons. The first-order valence-electron chi connectivity index (χ1n) is 28.5. The fourth-order valence-electron chi connectivity index (χ4n) is 11.2. The van der Waals surface area contributed by atoms with E-state index in [0.29, 0.717) is 46.1 Å². The average molecular weight is 1070 g/mol. The minimum Gasteiger partial charge on any atom is -0.308 e. The summed E-state index contributed by atoms with van der Waals surface area (Å²) in [4.78, 5) is 32.5. The maximum Gasteiger partial charge on any atom is 0.166 e. The van der Waals surface area contributed by atoms with Crippen LogP contribution in [0.2, 0.25) is 0 Å². The lowest BCUT2D eigenvalue weighted by molar-refractivity contribution is 0.570. The molecule has 3 aromatic heterocycles. The number of para-hydroxylation sites is 1. The van der Waals surface area contributed by atoms with Crippen LogP contribution in [0.3, 0.4) is 0 Å². The summed E-state index contributed by atoms with van der Waals surface area (Å²) in [6, 6.07) is 53.6. The Morgan fingerprint density at radius 1 is 0.333 bits per heavy atom. The number of hydrogen-bond donors (Lipinski definition) is 0. The highest BCUT2D eigenvalue weighted by Gasteiger charge is 2.32. The lowest BCUT2D eigenvalue weighted by Crippen LogP contribution is -2.21. The maximum absolute atomic E-state index is 10.5. The van der Waals surface area contributed by atoms with E-state index in [9.17, 15) is 5.26 Å². The first kappa shape index (κ1) is 56.1. The molecule has 0 aliphatic carbocycles. The third kappa shape index (κ3) is 11.0. The molecule has 0 amide bonds. The van der Waals surface area contributed by atoms with E-state index in [0.717, 1.165) is 55.3 Å². The van der Waals surface area contributed by atoms with Crippen molar-refractivity contribution in [2.24, 2.45) is 0 Å². The van der Waals surface area contributed by atoms with Crippen LogP contribution in [0.5, 0.6) is 0 Å². The van der Waals surface area contributed by atoms with Crippen LogP contribution in [-0.2, 0) is 32.5 Å². The van der Waals surface area contributed by atoms with Crippen LogP contribution in [0.25, 0.3) is 95.8 Å². The Balaban J connectivity index is 1.23. The van der Waals surface area contributed by atoms with Crippen molar-refractivity contribution < 1.29 is 0 Å². The number of rotatable bonds is 7. The molecule has 0 bridgehead atoms. The fraction of sp³-hybridized carbons (Fsp3) is 0.329. The summed E-state index contributed by atoms with van der Waals surface area (Å²) in [5.74, 6) is 3.47. The van der Waals surface area contributed by atoms with Gasteiger partial charge >= 0.3 is 0 Å². The van der Waals surface area contributed by atoms with Gasteiger partial charge in [-0.1, -0.05) is 228 Å². The van der Waals surface area contributed by atoms with Crippen LogP contribution in [0.1, 0.15) is 164 Å². The quantitative estimate of drug-likeness (QED) is 0.156. The predicted molar refractivity (Wildman–Crippen MR) is 337 cm³/mol. The second kappa shape index (κ2) is 20.1. The second-order valence-electron chi connectivity index (χ2n) is 28.2. The van der Waals surface area contributed by atoms with Crippen LogP contribution < -0.4 is 0 Å². The zero-order valence-electron chi connectivity index (χ0n) is 50.9. The summed E-state index contributed by atoms with van der Waals surface area (Å²) < 4.78 is 2.28. The van der Waals surface area contributed by atoms with E-state index >= 15 is 0 Å². The third-order valence-corrected chi connectivity index (χ3v) is 15.6. The van der Waals surface area contributed by atoms with Gasteiger partial charge in [0.25, 0.3) is 0 Å². The lowest BCUT2D eigenvalue weighted by atomic mass is 9.75. The number of nitrogens with zero attached hydrogens (tertiary/aromatic N) is 8. The van der Waals surface area contributed by atoms with Crippen LogP contribution in [0, 0.1) is 11.3 Å². The van der Waals surface area contributed by atoms with Crippen molar-refractivity contribution in [2.45, 2.75) is 157 Å². The lowest BCUT2D eigenvalue weighted by Gasteiger charge is -2.31. The highest BCUT2D eigenvalue weighted by Crippen LogP contribution is 2.45. The minimum atomic E-state index is -0.214. The van der Waals surface area contributed by atoms with E-state index in [1.54, 1.807) is 0 Å². The van der Waals surface area contributed by atoms with Crippen molar-refractivity contribution in [1.29, 1.82) is 5.26 Å². The van der Waals surface area contributed by atoms with Gasteiger partial charge in [0, 0.05) is 44.2 Å². The molecule has 7 aromatic carbocycles. The van der Waals surface area contributed by atoms with Crippen LogP contribution in [0.15, 0.2) is 146 Å². The SMILES string of the molecule is CC(C)(C)c1ccc(-c2nc(-c3ccc(C(C)(C)C)cc3)nc(-c3cc(C#N)ccc3-n3c4ccccc4c4cc(-c5nc(-c6c(C(C)(C)C)cccc6C(C)(C)C)nc(-c6c(C(C)(C)C)cccc6C(C)(C)C)n5)ccc43)n2)cc1. The summed E-state index contributed by atoms with van der Waals surface area (Å²) in [6.45, 7) is 40.5. The van der Waals surface area contributed by atoms with Crippen molar-refractivity contribution in [2.75, 3.05) is 0 Å². The molecular formula is C73H78N8. The van der Waals surface area contributed by atoms with Gasteiger partial charge in [0.1, 0.15) is 0 Å². The molecule has 8 heteroatoms. The van der Waals surface area contributed by atoms with Gasteiger partial charge < -0.3 is 4.57 Å². The van der Waals surface area contributed by atoms with E-state index < -0.39 is 0 Å². The molecule has 0 aliphatic heterocycles. The van der Waals surface area contributed by atoms with Crippen LogP contribution in [-0.4, -0.2) is 34.5 Å². The molecule has 0 saturated carbocycles. The van der Waals surface area contributed by atoms with Gasteiger partial charge in [-0.2, -0.15) is 5.26 Å². The molecule has 10 aromatic rings. The Kier molecular flexibility index (Phi) is 14.0. The summed E-state index contributed by atoms with van der Waals surface area (Å²) in [7, 11) is 0. The summed E-state index contributed by atoms with van der Waals surface area (Å²) in [5.41, 5.74) is 15.0. The van der Waals surface area contributed by atoms with Crippen molar-refractivity contribution >= 4 is 21.8 Å². The van der Waals surface area contributed by atoms with E-state index in [2.05, 4.69) is 263 Å². The topological polar surface area (TPSA) is 106 Å². The minimum absolute atomic E-state index is 0.0292. The molecule has 0 atom stereocenters. The first-order chi connectivity index (χ1) is 37.9. The summed E-state index contributed by atoms with van der Waals surface area (Å²) >= 11 is 0. The van der Waals surface area contributed by atoms with E-state index in [-0.39, 0.29) is 32.5 Å². The Morgan fingerprint density at radius 2 is 0.716 bits per heavy atom. The van der Waals surface area contributed by atoms with E-state index in [4.69, 9.17) is 29.9 Å². The molecule has 10 rings (SSSR count). The summed E-state index contributed by atoms with van der Waals surface area (Å²) in [6.07, 6.45) is 0. The normalized spacial score (nSPS) is 12.8. The molecule has 8 nitrogen and oxygen atoms in total. The van der Waals surface area contributed by atoms with Gasteiger partial charge in [0.15, 0.2) is 34.9 Å². The van der Waals surface area contributed by atoms with Crippen molar-refractivity contribution in [3.63, 3.8) is 0 Å². The predicted octanol–water partition coefficient (Wildman–Crippen LogP) is 18.8. The summed E-state index contributed by atoms with van der Waals surface area (Å²) in [5, 5.41) is 12.6. The monoisotopic (exact) mass is 1070 g/mol. The molecule has 0 spiro atoms. The molecule has 3 heterocycles. The molecule has 0 fully saturated rings. The number of benzene rings is 7. The Bertz CT molecular complexity index is 3860. The van der Waals surface area contributed by atoms with Gasteiger partial charge in [-0.25, -0.2) is 29.9 Å². The molecule has 0 N–H and O–H groups in total.